The normalized spacial score (nSPS) is 16.4. The van der Waals surface area contributed by atoms with Gasteiger partial charge < -0.3 is 34.7 Å². The fourth-order valence-corrected chi connectivity index (χ4v) is 8.33. The van der Waals surface area contributed by atoms with E-state index in [1.807, 2.05) is 52.0 Å². The molecule has 2 aromatic heterocycles. The van der Waals surface area contributed by atoms with Crippen LogP contribution in [0.25, 0.3) is 22.3 Å². The predicted octanol–water partition coefficient (Wildman–Crippen LogP) is 7.75. The second kappa shape index (κ2) is 19.4. The van der Waals surface area contributed by atoms with Gasteiger partial charge in [-0.15, -0.1) is 0 Å². The SMILES string of the molecule is CCCCCC(C)CC[C@]1(O)C(=O)OCc2c1cc1n(c2=O)Cc2c-1nc1ccccc1c2CCN(C(=O)OCc1ccc(NC(=O)[C@H](C)NC(=O)CC(C)C)cc1)C(C)C. The Kier molecular flexibility index (Phi) is 14.3. The molecule has 0 aliphatic carbocycles. The van der Waals surface area contributed by atoms with Gasteiger partial charge in [-0.2, -0.15) is 0 Å². The number of carbonyl (C=O) groups is 4. The van der Waals surface area contributed by atoms with Crippen LogP contribution in [0.15, 0.2) is 59.4 Å². The summed E-state index contributed by atoms with van der Waals surface area (Å²) in [6.07, 6.45) is 5.41. The third-order valence-corrected chi connectivity index (χ3v) is 11.9. The van der Waals surface area contributed by atoms with Gasteiger partial charge in [-0.05, 0) is 87.3 Å². The third kappa shape index (κ3) is 10.2. The highest BCUT2D eigenvalue weighted by Crippen LogP contribution is 2.41. The minimum atomic E-state index is -1.94. The van der Waals surface area contributed by atoms with Gasteiger partial charge in [-0.1, -0.05) is 83.7 Å². The average Bonchev–Trinajstić information content (AvgIpc) is 3.59. The van der Waals surface area contributed by atoms with E-state index in [-0.39, 0.29) is 61.1 Å². The van der Waals surface area contributed by atoms with Crippen LogP contribution in [0.5, 0.6) is 0 Å². The first-order valence-corrected chi connectivity index (χ1v) is 21.8. The van der Waals surface area contributed by atoms with Crippen LogP contribution >= 0.6 is 0 Å². The summed E-state index contributed by atoms with van der Waals surface area (Å²) < 4.78 is 12.9. The fourth-order valence-electron chi connectivity index (χ4n) is 8.33. The largest absolute Gasteiger partial charge is 0.458 e. The lowest BCUT2D eigenvalue weighted by molar-refractivity contribution is -0.173. The molecule has 3 N–H and O–H groups in total. The van der Waals surface area contributed by atoms with Crippen molar-refractivity contribution in [1.29, 1.82) is 0 Å². The molecular formula is C48H61N5O8. The molecule has 0 fully saturated rings. The molecule has 3 atom stereocenters. The Morgan fingerprint density at radius 3 is 2.43 bits per heavy atom. The smallest absolute Gasteiger partial charge is 0.410 e. The van der Waals surface area contributed by atoms with Crippen molar-refractivity contribution in [2.45, 2.75) is 137 Å². The average molecular weight is 836 g/mol. The number of unbranched alkanes of at least 4 members (excludes halogenated alkanes) is 2. The van der Waals surface area contributed by atoms with Crippen molar-refractivity contribution >= 4 is 40.5 Å². The van der Waals surface area contributed by atoms with E-state index in [1.165, 1.54) is 0 Å². The van der Waals surface area contributed by atoms with Gasteiger partial charge in [0.05, 0.1) is 29.0 Å². The molecule has 326 valence electrons. The summed E-state index contributed by atoms with van der Waals surface area (Å²) in [5.41, 5.74) is 3.32. The highest BCUT2D eigenvalue weighted by molar-refractivity contribution is 5.97. The lowest BCUT2D eigenvalue weighted by Crippen LogP contribution is -2.45. The summed E-state index contributed by atoms with van der Waals surface area (Å²) in [4.78, 5) is 72.6. The van der Waals surface area contributed by atoms with Crippen LogP contribution < -0.4 is 16.2 Å². The molecule has 4 heterocycles. The number of amides is 3. The number of cyclic esters (lactones) is 1. The molecule has 61 heavy (non-hydrogen) atoms. The standard InChI is InChI=1S/C48H61N5O8/c1-8-9-10-13-31(6)20-22-48(59)39-25-41-43-37(26-53(41)45(56)38(39)28-60-46(48)57)35(36-14-11-12-15-40(36)51-43)21-23-52(30(4)5)47(58)61-27-33-16-18-34(19-17-33)50-44(55)32(7)49-42(54)24-29(2)3/h11-12,14-19,25,29-32,59H,8-10,13,20-24,26-28H2,1-7H3,(H,49,54)(H,50,55)/t31?,32-,48+/m0/s1. The molecule has 2 aromatic carbocycles. The maximum Gasteiger partial charge on any atom is 0.410 e. The molecule has 2 aliphatic rings. The molecular weight excluding hydrogens is 775 g/mol. The van der Waals surface area contributed by atoms with E-state index in [0.717, 1.165) is 53.3 Å². The summed E-state index contributed by atoms with van der Waals surface area (Å²) >= 11 is 0. The van der Waals surface area contributed by atoms with E-state index in [2.05, 4.69) is 24.5 Å². The molecule has 0 radical (unpaired) electrons. The van der Waals surface area contributed by atoms with Gasteiger partial charge in [0.15, 0.2) is 5.60 Å². The maximum atomic E-state index is 14.2. The number of benzene rings is 2. The molecule has 13 heteroatoms. The van der Waals surface area contributed by atoms with Crippen LogP contribution in [0.4, 0.5) is 10.5 Å². The topological polar surface area (TPSA) is 169 Å². The Hall–Kier alpha value is -5.56. The second-order valence-electron chi connectivity index (χ2n) is 17.5. The maximum absolute atomic E-state index is 14.2. The van der Waals surface area contributed by atoms with E-state index in [9.17, 15) is 29.1 Å². The zero-order chi connectivity index (χ0) is 44.0. The first-order chi connectivity index (χ1) is 29.1. The highest BCUT2D eigenvalue weighted by atomic mass is 16.6. The van der Waals surface area contributed by atoms with E-state index >= 15 is 0 Å². The number of nitrogens with zero attached hydrogens (tertiary/aromatic N) is 3. The molecule has 6 rings (SSSR count). The van der Waals surface area contributed by atoms with Crippen molar-refractivity contribution < 1.29 is 33.8 Å². The van der Waals surface area contributed by atoms with Crippen molar-refractivity contribution in [2.24, 2.45) is 11.8 Å². The number of anilines is 1. The number of pyridine rings is 2. The van der Waals surface area contributed by atoms with E-state index in [1.54, 1.807) is 46.7 Å². The molecule has 2 aliphatic heterocycles. The van der Waals surface area contributed by atoms with Crippen molar-refractivity contribution in [3.63, 3.8) is 0 Å². The predicted molar refractivity (Wildman–Crippen MR) is 235 cm³/mol. The number of esters is 1. The zero-order valence-corrected chi connectivity index (χ0v) is 36.6. The number of rotatable bonds is 18. The Morgan fingerprint density at radius 2 is 1.72 bits per heavy atom. The van der Waals surface area contributed by atoms with Gasteiger partial charge in [0.2, 0.25) is 11.8 Å². The lowest BCUT2D eigenvalue weighted by Gasteiger charge is -2.33. The number of aliphatic hydroxyl groups is 1. The number of nitrogens with one attached hydrogen (secondary N) is 2. The van der Waals surface area contributed by atoms with E-state index in [0.29, 0.717) is 54.4 Å². The molecule has 0 spiro atoms. The minimum Gasteiger partial charge on any atom is -0.458 e. The first-order valence-electron chi connectivity index (χ1n) is 21.8. The van der Waals surface area contributed by atoms with Crippen molar-refractivity contribution in [3.8, 4) is 11.4 Å². The number of aromatic nitrogens is 2. The van der Waals surface area contributed by atoms with E-state index < -0.39 is 23.7 Å². The summed E-state index contributed by atoms with van der Waals surface area (Å²) in [7, 11) is 0. The van der Waals surface area contributed by atoms with Crippen LogP contribution in [0.2, 0.25) is 0 Å². The van der Waals surface area contributed by atoms with Crippen molar-refractivity contribution in [2.75, 3.05) is 11.9 Å². The van der Waals surface area contributed by atoms with Gasteiger partial charge in [-0.25, -0.2) is 14.6 Å². The fraction of sp³-hybridized carbons (Fsp3) is 0.500. The Morgan fingerprint density at radius 1 is 0.984 bits per heavy atom. The first kappa shape index (κ1) is 45.0. The summed E-state index contributed by atoms with van der Waals surface area (Å²) in [6.45, 7) is 14.1. The summed E-state index contributed by atoms with van der Waals surface area (Å²) in [5.74, 6) is -0.764. The van der Waals surface area contributed by atoms with Crippen molar-refractivity contribution in [1.82, 2.24) is 19.8 Å². The van der Waals surface area contributed by atoms with Gasteiger partial charge in [0.25, 0.3) is 5.56 Å². The van der Waals surface area contributed by atoms with Crippen LogP contribution in [0.3, 0.4) is 0 Å². The van der Waals surface area contributed by atoms with Crippen LogP contribution in [-0.2, 0) is 55.6 Å². The zero-order valence-electron chi connectivity index (χ0n) is 36.6. The molecule has 1 unspecified atom stereocenters. The number of fused-ring (bicyclic) bond motifs is 5. The quantitative estimate of drug-likeness (QED) is 0.0591. The Bertz CT molecular complexity index is 2320. The Labute approximate surface area is 358 Å². The van der Waals surface area contributed by atoms with Gasteiger partial charge >= 0.3 is 12.1 Å². The molecule has 0 saturated carbocycles. The van der Waals surface area contributed by atoms with Crippen LogP contribution in [0.1, 0.15) is 121 Å². The monoisotopic (exact) mass is 835 g/mol. The molecule has 0 bridgehead atoms. The van der Waals surface area contributed by atoms with Crippen LogP contribution in [-0.4, -0.2) is 62.1 Å². The molecule has 0 saturated heterocycles. The number of para-hydroxylation sites is 1. The van der Waals surface area contributed by atoms with Gasteiger partial charge in [0.1, 0.15) is 19.3 Å². The number of hydrogen-bond donors (Lipinski definition) is 3. The van der Waals surface area contributed by atoms with Gasteiger partial charge in [0, 0.05) is 41.2 Å². The molecule has 3 amide bonds. The highest BCUT2D eigenvalue weighted by Gasteiger charge is 2.46. The molecule has 13 nitrogen and oxygen atoms in total. The molecule has 4 aromatic rings. The Balaban J connectivity index is 1.17. The third-order valence-electron chi connectivity index (χ3n) is 11.9. The minimum absolute atomic E-state index is 0.0186. The number of ether oxygens (including phenoxy) is 2. The van der Waals surface area contributed by atoms with Gasteiger partial charge in [-0.3, -0.25) is 14.4 Å². The summed E-state index contributed by atoms with van der Waals surface area (Å²) in [5, 5.41) is 18.4. The number of carbonyl (C=O) groups excluding carboxylic acids is 4. The van der Waals surface area contributed by atoms with Crippen molar-refractivity contribution in [3.05, 3.63) is 92.8 Å². The lowest BCUT2D eigenvalue weighted by atomic mass is 9.82. The second-order valence-corrected chi connectivity index (χ2v) is 17.5. The van der Waals surface area contributed by atoms with E-state index in [4.69, 9.17) is 14.5 Å². The summed E-state index contributed by atoms with van der Waals surface area (Å²) in [6, 6.07) is 15.6. The van der Waals surface area contributed by atoms with Crippen LogP contribution in [0, 0.1) is 11.8 Å². The number of hydrogen-bond acceptors (Lipinski definition) is 9.